The minimum atomic E-state index is -0.0454. The Morgan fingerprint density at radius 2 is 2.06 bits per heavy atom. The molecule has 18 heavy (non-hydrogen) atoms. The Balaban J connectivity index is 2.11. The van der Waals surface area contributed by atoms with Gasteiger partial charge in [-0.2, -0.15) is 0 Å². The van der Waals surface area contributed by atoms with Gasteiger partial charge in [-0.25, -0.2) is 0 Å². The third-order valence-electron chi connectivity index (χ3n) is 3.33. The first-order valence-electron chi connectivity index (χ1n) is 6.14. The lowest BCUT2D eigenvalue weighted by molar-refractivity contribution is -0.142. The van der Waals surface area contributed by atoms with E-state index in [2.05, 4.69) is 0 Å². The van der Waals surface area contributed by atoms with E-state index < -0.39 is 0 Å². The maximum absolute atomic E-state index is 11.5. The number of rotatable bonds is 2. The zero-order valence-corrected chi connectivity index (χ0v) is 11.1. The van der Waals surface area contributed by atoms with Gasteiger partial charge in [0.2, 0.25) is 5.91 Å². The van der Waals surface area contributed by atoms with Crippen LogP contribution in [-0.2, 0) is 9.53 Å². The van der Waals surface area contributed by atoms with Crippen LogP contribution in [0.4, 0.5) is 0 Å². The predicted octanol–water partition coefficient (Wildman–Crippen LogP) is 2.00. The lowest BCUT2D eigenvalue weighted by atomic mass is 10.1. The van der Waals surface area contributed by atoms with Gasteiger partial charge >= 0.3 is 0 Å². The Kier molecular flexibility index (Phi) is 3.87. The van der Waals surface area contributed by atoms with Gasteiger partial charge in [0.25, 0.3) is 0 Å². The highest BCUT2D eigenvalue weighted by atomic mass is 16.5. The fourth-order valence-electron chi connectivity index (χ4n) is 2.22. The van der Waals surface area contributed by atoms with Crippen LogP contribution >= 0.6 is 0 Å². The first kappa shape index (κ1) is 12.9. The van der Waals surface area contributed by atoms with Gasteiger partial charge in [0.15, 0.2) is 0 Å². The van der Waals surface area contributed by atoms with Crippen LogP contribution < -0.4 is 4.74 Å². The molecule has 4 heteroatoms. The zero-order valence-electron chi connectivity index (χ0n) is 11.1. The van der Waals surface area contributed by atoms with Gasteiger partial charge in [0.1, 0.15) is 11.9 Å². The average molecular weight is 249 g/mol. The van der Waals surface area contributed by atoms with Crippen LogP contribution in [0.5, 0.6) is 5.75 Å². The molecule has 1 amide bonds. The molecule has 2 rings (SSSR count). The number of amides is 1. The van der Waals surface area contributed by atoms with Crippen LogP contribution in [0.3, 0.4) is 0 Å². The molecular weight excluding hydrogens is 230 g/mol. The van der Waals surface area contributed by atoms with Crippen LogP contribution in [0.1, 0.15) is 25.5 Å². The Labute approximate surface area is 107 Å². The molecule has 0 aliphatic carbocycles. The fourth-order valence-corrected chi connectivity index (χ4v) is 2.22. The van der Waals surface area contributed by atoms with Crippen molar-refractivity contribution in [3.63, 3.8) is 0 Å². The van der Waals surface area contributed by atoms with Gasteiger partial charge in [-0.15, -0.1) is 0 Å². The molecule has 98 valence electrons. The van der Waals surface area contributed by atoms with Crippen LogP contribution in [0.2, 0.25) is 0 Å². The van der Waals surface area contributed by atoms with E-state index in [1.807, 2.05) is 36.1 Å². The summed E-state index contributed by atoms with van der Waals surface area (Å²) in [6, 6.07) is 7.94. The quantitative estimate of drug-likeness (QED) is 0.804. The number of ether oxygens (including phenoxy) is 2. The molecular formula is C14H19NO3. The zero-order chi connectivity index (χ0) is 13.1. The molecule has 2 atom stereocenters. The SMILES string of the molecule is COc1ccc(C2CN(C(C)=O)C(C)CO2)cc1. The first-order valence-corrected chi connectivity index (χ1v) is 6.14. The predicted molar refractivity (Wildman–Crippen MR) is 68.5 cm³/mol. The summed E-state index contributed by atoms with van der Waals surface area (Å²) in [7, 11) is 1.64. The van der Waals surface area contributed by atoms with Gasteiger partial charge < -0.3 is 14.4 Å². The number of benzene rings is 1. The highest BCUT2D eigenvalue weighted by Crippen LogP contribution is 2.26. The van der Waals surface area contributed by atoms with E-state index >= 15 is 0 Å². The Bertz CT molecular complexity index is 416. The van der Waals surface area contributed by atoms with Crippen molar-refractivity contribution in [2.75, 3.05) is 20.3 Å². The molecule has 0 N–H and O–H groups in total. The van der Waals surface area contributed by atoms with Crippen molar-refractivity contribution in [1.29, 1.82) is 0 Å². The van der Waals surface area contributed by atoms with Crippen molar-refractivity contribution >= 4 is 5.91 Å². The third-order valence-corrected chi connectivity index (χ3v) is 3.33. The number of carbonyl (C=O) groups excluding carboxylic acids is 1. The van der Waals surface area contributed by atoms with Gasteiger partial charge in [-0.05, 0) is 24.6 Å². The number of hydrogen-bond donors (Lipinski definition) is 0. The number of methoxy groups -OCH3 is 1. The van der Waals surface area contributed by atoms with Crippen LogP contribution in [-0.4, -0.2) is 37.1 Å². The van der Waals surface area contributed by atoms with Gasteiger partial charge in [0, 0.05) is 6.92 Å². The molecule has 1 heterocycles. The molecule has 0 aromatic heterocycles. The molecule has 2 unspecified atom stereocenters. The van der Waals surface area contributed by atoms with E-state index in [-0.39, 0.29) is 18.1 Å². The van der Waals surface area contributed by atoms with E-state index in [0.717, 1.165) is 11.3 Å². The van der Waals surface area contributed by atoms with Gasteiger partial charge in [-0.1, -0.05) is 12.1 Å². The van der Waals surface area contributed by atoms with E-state index in [1.165, 1.54) is 0 Å². The lowest BCUT2D eigenvalue weighted by Gasteiger charge is -2.37. The average Bonchev–Trinajstić information content (AvgIpc) is 2.39. The normalized spacial score (nSPS) is 23.8. The van der Waals surface area contributed by atoms with Gasteiger partial charge in [0.05, 0.1) is 26.3 Å². The van der Waals surface area contributed by atoms with Crippen molar-refractivity contribution in [1.82, 2.24) is 4.90 Å². The van der Waals surface area contributed by atoms with Crippen molar-refractivity contribution in [3.8, 4) is 5.75 Å². The van der Waals surface area contributed by atoms with Crippen molar-refractivity contribution in [2.45, 2.75) is 26.0 Å². The minimum absolute atomic E-state index is 0.0454. The lowest BCUT2D eigenvalue weighted by Crippen LogP contribution is -2.47. The summed E-state index contributed by atoms with van der Waals surface area (Å²) >= 11 is 0. The summed E-state index contributed by atoms with van der Waals surface area (Å²) in [5, 5.41) is 0. The second-order valence-corrected chi connectivity index (χ2v) is 4.62. The molecule has 1 aliphatic heterocycles. The Morgan fingerprint density at radius 3 is 2.61 bits per heavy atom. The second kappa shape index (κ2) is 5.40. The molecule has 4 nitrogen and oxygen atoms in total. The topological polar surface area (TPSA) is 38.8 Å². The molecule has 0 radical (unpaired) electrons. The van der Waals surface area contributed by atoms with Crippen LogP contribution in [0, 0.1) is 0 Å². The van der Waals surface area contributed by atoms with Crippen molar-refractivity contribution in [2.24, 2.45) is 0 Å². The van der Waals surface area contributed by atoms with Gasteiger partial charge in [-0.3, -0.25) is 4.79 Å². The van der Waals surface area contributed by atoms with Crippen molar-refractivity contribution < 1.29 is 14.3 Å². The summed E-state index contributed by atoms with van der Waals surface area (Å²) in [6.07, 6.45) is -0.0454. The molecule has 1 aromatic carbocycles. The Morgan fingerprint density at radius 1 is 1.39 bits per heavy atom. The second-order valence-electron chi connectivity index (χ2n) is 4.62. The molecule has 0 saturated carbocycles. The highest BCUT2D eigenvalue weighted by Gasteiger charge is 2.28. The molecule has 1 fully saturated rings. The van der Waals surface area contributed by atoms with E-state index in [9.17, 15) is 4.79 Å². The molecule has 1 aromatic rings. The van der Waals surface area contributed by atoms with E-state index in [1.54, 1.807) is 14.0 Å². The molecule has 0 bridgehead atoms. The largest absolute Gasteiger partial charge is 0.497 e. The maximum Gasteiger partial charge on any atom is 0.219 e. The summed E-state index contributed by atoms with van der Waals surface area (Å²) in [6.45, 7) is 4.80. The van der Waals surface area contributed by atoms with Crippen molar-refractivity contribution in [3.05, 3.63) is 29.8 Å². The number of morpholine rings is 1. The van der Waals surface area contributed by atoms with Crippen LogP contribution in [0.25, 0.3) is 0 Å². The fraction of sp³-hybridized carbons (Fsp3) is 0.500. The maximum atomic E-state index is 11.5. The molecule has 0 spiro atoms. The summed E-state index contributed by atoms with van der Waals surface area (Å²) in [4.78, 5) is 13.4. The summed E-state index contributed by atoms with van der Waals surface area (Å²) < 4.78 is 10.9. The van der Waals surface area contributed by atoms with E-state index in [4.69, 9.17) is 9.47 Å². The number of hydrogen-bond acceptors (Lipinski definition) is 3. The molecule has 1 saturated heterocycles. The smallest absolute Gasteiger partial charge is 0.219 e. The highest BCUT2D eigenvalue weighted by molar-refractivity contribution is 5.73. The van der Waals surface area contributed by atoms with Crippen LogP contribution in [0.15, 0.2) is 24.3 Å². The Hall–Kier alpha value is -1.55. The molecule has 1 aliphatic rings. The minimum Gasteiger partial charge on any atom is -0.497 e. The number of carbonyl (C=O) groups is 1. The van der Waals surface area contributed by atoms with E-state index in [0.29, 0.717) is 13.2 Å². The first-order chi connectivity index (χ1) is 8.61. The monoisotopic (exact) mass is 249 g/mol. The standard InChI is InChI=1S/C14H19NO3/c1-10-9-18-14(8-15(10)11(2)16)12-4-6-13(17-3)7-5-12/h4-7,10,14H,8-9H2,1-3H3. The number of nitrogens with zero attached hydrogens (tertiary/aromatic N) is 1. The summed E-state index contributed by atoms with van der Waals surface area (Å²) in [5.41, 5.74) is 1.08. The third kappa shape index (κ3) is 2.64. The summed E-state index contributed by atoms with van der Waals surface area (Å²) in [5.74, 6) is 0.927.